The molecule has 0 aliphatic heterocycles. The van der Waals surface area contributed by atoms with Gasteiger partial charge in [-0.2, -0.15) is 12.6 Å². The summed E-state index contributed by atoms with van der Waals surface area (Å²) in [7, 11) is 0. The molecule has 0 bridgehead atoms. The van der Waals surface area contributed by atoms with E-state index in [-0.39, 0.29) is 12.5 Å². The standard InChI is InChI=1S/C14H30N2O2.C3H7NO2S/c1-2-3-4-5-6-7-8-12-18-14(17)13-16-11-9-10-15;5-3(6)1-4-2-7/h16H,2-13,15H2,1H3;4,7H,1-2H2,(H,5,6). The molecule has 25 heavy (non-hydrogen) atoms. The van der Waals surface area contributed by atoms with E-state index in [9.17, 15) is 9.59 Å². The molecule has 0 rings (SSSR count). The average molecular weight is 380 g/mol. The van der Waals surface area contributed by atoms with E-state index in [0.29, 0.717) is 25.6 Å². The molecule has 0 heterocycles. The number of esters is 1. The number of rotatable bonds is 16. The summed E-state index contributed by atoms with van der Waals surface area (Å²) in [5.41, 5.74) is 5.35. The summed E-state index contributed by atoms with van der Waals surface area (Å²) in [4.78, 5) is 20.9. The molecule has 0 amide bonds. The van der Waals surface area contributed by atoms with Crippen LogP contribution in [0, 0.1) is 0 Å². The zero-order chi connectivity index (χ0) is 19.2. The highest BCUT2D eigenvalue weighted by atomic mass is 32.1. The Hall–Kier alpha value is -0.830. The third kappa shape index (κ3) is 28.3. The van der Waals surface area contributed by atoms with Crippen LogP contribution in [0.3, 0.4) is 0 Å². The molecule has 0 saturated heterocycles. The number of hydrogen-bond donors (Lipinski definition) is 5. The van der Waals surface area contributed by atoms with Gasteiger partial charge in [-0.05, 0) is 25.9 Å². The summed E-state index contributed by atoms with van der Waals surface area (Å²) in [6.45, 7) is 4.51. The van der Waals surface area contributed by atoms with Crippen molar-refractivity contribution in [3.8, 4) is 0 Å². The molecule has 0 aliphatic carbocycles. The maximum absolute atomic E-state index is 11.3. The summed E-state index contributed by atoms with van der Waals surface area (Å²) in [5.74, 6) is -0.598. The number of carbonyl (C=O) groups is 2. The van der Waals surface area contributed by atoms with E-state index >= 15 is 0 Å². The smallest absolute Gasteiger partial charge is 0.319 e. The minimum Gasteiger partial charge on any atom is -0.480 e. The van der Waals surface area contributed by atoms with Gasteiger partial charge >= 0.3 is 11.9 Å². The van der Waals surface area contributed by atoms with Crippen LogP contribution in [0.4, 0.5) is 0 Å². The first kappa shape index (κ1) is 26.4. The molecule has 0 spiro atoms. The number of thiol groups is 1. The minimum absolute atomic E-state index is 0.0104. The molecule has 0 aromatic heterocycles. The molecule has 0 aromatic rings. The van der Waals surface area contributed by atoms with Gasteiger partial charge in [0, 0.05) is 5.88 Å². The Labute approximate surface area is 157 Å². The summed E-state index contributed by atoms with van der Waals surface area (Å²) < 4.78 is 5.12. The van der Waals surface area contributed by atoms with Gasteiger partial charge < -0.3 is 20.9 Å². The van der Waals surface area contributed by atoms with Crippen molar-refractivity contribution in [2.75, 3.05) is 38.7 Å². The number of hydrogen-bond acceptors (Lipinski definition) is 7. The van der Waals surface area contributed by atoms with E-state index in [1.54, 1.807) is 0 Å². The van der Waals surface area contributed by atoms with Gasteiger partial charge in [-0.3, -0.25) is 14.9 Å². The Bertz CT molecular complexity index is 308. The number of ether oxygens (including phenoxy) is 1. The molecule has 0 atom stereocenters. The van der Waals surface area contributed by atoms with Gasteiger partial charge in [-0.1, -0.05) is 45.4 Å². The van der Waals surface area contributed by atoms with Gasteiger partial charge in [0.15, 0.2) is 0 Å². The van der Waals surface area contributed by atoms with Crippen LogP contribution in [-0.2, 0) is 14.3 Å². The minimum atomic E-state index is -0.853. The summed E-state index contributed by atoms with van der Waals surface area (Å²) in [6, 6.07) is 0. The second-order valence-corrected chi connectivity index (χ2v) is 5.96. The summed E-state index contributed by atoms with van der Waals surface area (Å²) in [6.07, 6.45) is 9.57. The van der Waals surface area contributed by atoms with E-state index in [1.807, 2.05) is 0 Å². The van der Waals surface area contributed by atoms with Crippen molar-refractivity contribution in [2.24, 2.45) is 5.73 Å². The molecule has 0 radical (unpaired) electrons. The second-order valence-electron chi connectivity index (χ2n) is 5.64. The van der Waals surface area contributed by atoms with Crippen LogP contribution in [0.5, 0.6) is 0 Å². The lowest BCUT2D eigenvalue weighted by Crippen LogP contribution is -2.27. The van der Waals surface area contributed by atoms with Crippen molar-refractivity contribution < 1.29 is 19.4 Å². The zero-order valence-corrected chi connectivity index (χ0v) is 16.5. The van der Waals surface area contributed by atoms with Crippen LogP contribution in [0.2, 0.25) is 0 Å². The first-order valence-electron chi connectivity index (χ1n) is 9.18. The highest BCUT2D eigenvalue weighted by Crippen LogP contribution is 2.06. The Morgan fingerprint density at radius 2 is 1.64 bits per heavy atom. The molecule has 0 saturated carbocycles. The maximum Gasteiger partial charge on any atom is 0.319 e. The average Bonchev–Trinajstić information content (AvgIpc) is 2.59. The molecule has 0 aromatic carbocycles. The van der Waals surface area contributed by atoms with Crippen molar-refractivity contribution in [3.05, 3.63) is 0 Å². The van der Waals surface area contributed by atoms with E-state index in [2.05, 4.69) is 30.2 Å². The lowest BCUT2D eigenvalue weighted by atomic mass is 10.1. The fraction of sp³-hybridized carbons (Fsp3) is 0.882. The van der Waals surface area contributed by atoms with Gasteiger partial charge in [0.1, 0.15) is 0 Å². The molecular weight excluding hydrogens is 342 g/mol. The van der Waals surface area contributed by atoms with Crippen LogP contribution in [-0.4, -0.2) is 55.7 Å². The topological polar surface area (TPSA) is 114 Å². The van der Waals surface area contributed by atoms with E-state index in [4.69, 9.17) is 15.6 Å². The molecule has 7 nitrogen and oxygen atoms in total. The van der Waals surface area contributed by atoms with Crippen molar-refractivity contribution in [1.82, 2.24) is 10.6 Å². The molecule has 0 unspecified atom stereocenters. The molecule has 8 heteroatoms. The van der Waals surface area contributed by atoms with E-state index < -0.39 is 5.97 Å². The number of carboxylic acids is 1. The first-order valence-corrected chi connectivity index (χ1v) is 9.81. The highest BCUT2D eigenvalue weighted by Gasteiger charge is 2.01. The largest absolute Gasteiger partial charge is 0.480 e. The Kier molecular flexibility index (Phi) is 24.5. The van der Waals surface area contributed by atoms with Crippen molar-refractivity contribution in [2.45, 2.75) is 58.3 Å². The quantitative estimate of drug-likeness (QED) is 0.120. The predicted octanol–water partition coefficient (Wildman–Crippen LogP) is 1.77. The number of aliphatic carboxylic acids is 1. The molecule has 5 N–H and O–H groups in total. The van der Waals surface area contributed by atoms with Gasteiger partial charge in [-0.25, -0.2) is 0 Å². The van der Waals surface area contributed by atoms with Crippen molar-refractivity contribution in [1.29, 1.82) is 0 Å². The SMILES string of the molecule is CCCCCCCCCOC(=O)CNCCCN.O=C(O)CNCS. The Balaban J connectivity index is 0. The van der Waals surface area contributed by atoms with Gasteiger partial charge in [0.05, 0.1) is 19.7 Å². The van der Waals surface area contributed by atoms with Gasteiger partial charge in [0.2, 0.25) is 0 Å². The van der Waals surface area contributed by atoms with Crippen LogP contribution in [0.15, 0.2) is 0 Å². The molecule has 0 aliphatic rings. The van der Waals surface area contributed by atoms with Crippen LogP contribution in [0.1, 0.15) is 58.3 Å². The van der Waals surface area contributed by atoms with Crippen LogP contribution >= 0.6 is 12.6 Å². The summed E-state index contributed by atoms with van der Waals surface area (Å²) >= 11 is 3.72. The predicted molar refractivity (Wildman–Crippen MR) is 105 cm³/mol. The molecular formula is C17H37N3O4S. The number of nitrogens with one attached hydrogen (secondary N) is 2. The molecule has 0 fully saturated rings. The third-order valence-electron chi connectivity index (χ3n) is 3.23. The number of nitrogens with two attached hydrogens (primary N) is 1. The highest BCUT2D eigenvalue weighted by molar-refractivity contribution is 7.80. The lowest BCUT2D eigenvalue weighted by molar-refractivity contribution is -0.142. The number of carbonyl (C=O) groups excluding carboxylic acids is 1. The van der Waals surface area contributed by atoms with Crippen molar-refractivity contribution in [3.63, 3.8) is 0 Å². The number of carboxylic acid groups (broad SMARTS) is 1. The fourth-order valence-electron chi connectivity index (χ4n) is 1.88. The Morgan fingerprint density at radius 3 is 2.16 bits per heavy atom. The monoisotopic (exact) mass is 379 g/mol. The maximum atomic E-state index is 11.3. The Morgan fingerprint density at radius 1 is 1.00 bits per heavy atom. The van der Waals surface area contributed by atoms with E-state index in [0.717, 1.165) is 25.8 Å². The lowest BCUT2D eigenvalue weighted by Gasteiger charge is -2.06. The fourth-order valence-corrected chi connectivity index (χ4v) is 1.99. The number of unbranched alkanes of at least 4 members (excludes halogenated alkanes) is 6. The van der Waals surface area contributed by atoms with Crippen LogP contribution in [0.25, 0.3) is 0 Å². The normalized spacial score (nSPS) is 10.0. The van der Waals surface area contributed by atoms with Gasteiger partial charge in [-0.15, -0.1) is 0 Å². The summed E-state index contributed by atoms with van der Waals surface area (Å²) in [5, 5.41) is 13.5. The van der Waals surface area contributed by atoms with Crippen LogP contribution < -0.4 is 16.4 Å². The first-order chi connectivity index (χ1) is 12.1. The third-order valence-corrected chi connectivity index (χ3v) is 3.45. The van der Waals surface area contributed by atoms with E-state index in [1.165, 1.54) is 32.1 Å². The van der Waals surface area contributed by atoms with Gasteiger partial charge in [0.25, 0.3) is 0 Å². The second kappa shape index (κ2) is 23.2. The van der Waals surface area contributed by atoms with Crippen molar-refractivity contribution >= 4 is 24.6 Å². The zero-order valence-electron chi connectivity index (χ0n) is 15.6. The molecule has 150 valence electrons.